The number of nitrogens with two attached hydrogens (primary N) is 1. The number of hydrogen-bond donors (Lipinski definition) is 2. The van der Waals surface area contributed by atoms with E-state index in [1.807, 2.05) is 6.92 Å². The van der Waals surface area contributed by atoms with Gasteiger partial charge in [0.05, 0.1) is 18.8 Å². The van der Waals surface area contributed by atoms with E-state index in [0.29, 0.717) is 30.8 Å². The number of halogens is 1. The van der Waals surface area contributed by atoms with Gasteiger partial charge in [-0.15, -0.1) is 0 Å². The van der Waals surface area contributed by atoms with Gasteiger partial charge < -0.3 is 15.6 Å². The number of aliphatic hydroxyl groups excluding tert-OH is 1. The van der Waals surface area contributed by atoms with Crippen LogP contribution < -0.4 is 5.73 Å². The van der Waals surface area contributed by atoms with Crippen LogP contribution >= 0.6 is 12.2 Å². The number of rotatable bonds is 4. The van der Waals surface area contributed by atoms with Gasteiger partial charge in [-0.05, 0) is 25.1 Å². The minimum absolute atomic E-state index is 0.0164. The van der Waals surface area contributed by atoms with Crippen LogP contribution in [0.15, 0.2) is 18.2 Å². The lowest BCUT2D eigenvalue weighted by molar-refractivity contribution is -0.0974. The molecule has 0 spiro atoms. The summed E-state index contributed by atoms with van der Waals surface area (Å²) < 4.78 is 19.4. The van der Waals surface area contributed by atoms with E-state index in [2.05, 4.69) is 4.90 Å². The predicted molar refractivity (Wildman–Crippen MR) is 79.0 cm³/mol. The Labute approximate surface area is 123 Å². The van der Waals surface area contributed by atoms with Gasteiger partial charge in [0.1, 0.15) is 10.8 Å². The fourth-order valence-corrected chi connectivity index (χ4v) is 2.59. The van der Waals surface area contributed by atoms with Crippen molar-refractivity contribution in [2.75, 3.05) is 19.7 Å². The topological polar surface area (TPSA) is 58.7 Å². The quantitative estimate of drug-likeness (QED) is 0.814. The average molecular weight is 298 g/mol. The van der Waals surface area contributed by atoms with Crippen molar-refractivity contribution in [3.63, 3.8) is 0 Å². The molecular formula is C14H19FN2O2S. The van der Waals surface area contributed by atoms with E-state index in [4.69, 9.17) is 22.7 Å². The molecule has 2 unspecified atom stereocenters. The third kappa shape index (κ3) is 3.73. The SMILES string of the molecule is CC1CN(Cc2cc(C(N)=S)ccc2F)CC(CO)O1. The van der Waals surface area contributed by atoms with Crippen LogP contribution in [0, 0.1) is 5.82 Å². The second kappa shape index (κ2) is 6.58. The van der Waals surface area contributed by atoms with Crippen LogP contribution in [-0.2, 0) is 11.3 Å². The van der Waals surface area contributed by atoms with E-state index in [9.17, 15) is 9.50 Å². The van der Waals surface area contributed by atoms with E-state index >= 15 is 0 Å². The summed E-state index contributed by atoms with van der Waals surface area (Å²) in [6.45, 7) is 3.64. The molecule has 1 heterocycles. The molecule has 2 rings (SSSR count). The van der Waals surface area contributed by atoms with Crippen molar-refractivity contribution >= 4 is 17.2 Å². The molecule has 6 heteroatoms. The highest BCUT2D eigenvalue weighted by atomic mass is 32.1. The van der Waals surface area contributed by atoms with Gasteiger partial charge in [0.25, 0.3) is 0 Å². The van der Waals surface area contributed by atoms with Crippen LogP contribution in [0.3, 0.4) is 0 Å². The molecule has 110 valence electrons. The smallest absolute Gasteiger partial charge is 0.127 e. The molecule has 0 aromatic heterocycles. The van der Waals surface area contributed by atoms with Crippen LogP contribution in [0.2, 0.25) is 0 Å². The van der Waals surface area contributed by atoms with Gasteiger partial charge in [-0.2, -0.15) is 0 Å². The minimum Gasteiger partial charge on any atom is -0.394 e. The lowest BCUT2D eigenvalue weighted by atomic mass is 10.1. The number of thiocarbonyl (C=S) groups is 1. The molecule has 2 atom stereocenters. The molecule has 1 fully saturated rings. The van der Waals surface area contributed by atoms with Crippen molar-refractivity contribution in [2.45, 2.75) is 25.7 Å². The van der Waals surface area contributed by atoms with Crippen molar-refractivity contribution < 1.29 is 14.2 Å². The average Bonchev–Trinajstić information content (AvgIpc) is 2.40. The molecule has 0 aliphatic carbocycles. The summed E-state index contributed by atoms with van der Waals surface area (Å²) in [5, 5.41) is 9.20. The molecular weight excluding hydrogens is 279 g/mol. The Morgan fingerprint density at radius 2 is 2.30 bits per heavy atom. The number of aliphatic hydroxyl groups is 1. The molecule has 0 bridgehead atoms. The van der Waals surface area contributed by atoms with Gasteiger partial charge in [0, 0.05) is 30.8 Å². The number of ether oxygens (including phenoxy) is 1. The number of nitrogens with zero attached hydrogens (tertiary/aromatic N) is 1. The van der Waals surface area contributed by atoms with Crippen molar-refractivity contribution in [1.29, 1.82) is 0 Å². The number of morpholine rings is 1. The van der Waals surface area contributed by atoms with Crippen LogP contribution in [0.1, 0.15) is 18.1 Å². The van der Waals surface area contributed by atoms with Crippen molar-refractivity contribution in [2.24, 2.45) is 5.73 Å². The molecule has 0 amide bonds. The standard InChI is InChI=1S/C14H19FN2O2S/c1-9-5-17(7-12(8-18)19-9)6-11-4-10(14(16)20)2-3-13(11)15/h2-4,9,12,18H,5-8H2,1H3,(H2,16,20). The Balaban J connectivity index is 2.12. The predicted octanol–water partition coefficient (Wildman–Crippen LogP) is 1.04. The summed E-state index contributed by atoms with van der Waals surface area (Å²) in [4.78, 5) is 2.33. The summed E-state index contributed by atoms with van der Waals surface area (Å²) in [7, 11) is 0. The largest absolute Gasteiger partial charge is 0.394 e. The molecule has 20 heavy (non-hydrogen) atoms. The van der Waals surface area contributed by atoms with Gasteiger partial charge in [-0.3, -0.25) is 4.90 Å². The first-order valence-corrected chi connectivity index (χ1v) is 6.97. The Morgan fingerprint density at radius 1 is 1.55 bits per heavy atom. The zero-order valence-corrected chi connectivity index (χ0v) is 12.2. The molecule has 1 aliphatic heterocycles. The van der Waals surface area contributed by atoms with Crippen LogP contribution in [-0.4, -0.2) is 46.9 Å². The lowest BCUT2D eigenvalue weighted by Crippen LogP contribution is -2.47. The second-order valence-corrected chi connectivity index (χ2v) is 5.56. The summed E-state index contributed by atoms with van der Waals surface area (Å²) >= 11 is 4.91. The van der Waals surface area contributed by atoms with E-state index in [1.165, 1.54) is 6.07 Å². The Morgan fingerprint density at radius 3 is 2.95 bits per heavy atom. The van der Waals surface area contributed by atoms with E-state index in [-0.39, 0.29) is 29.6 Å². The molecule has 1 saturated heterocycles. The minimum atomic E-state index is -0.273. The van der Waals surface area contributed by atoms with Gasteiger partial charge in [-0.1, -0.05) is 12.2 Å². The maximum atomic E-state index is 13.9. The Kier molecular flexibility index (Phi) is 5.04. The Hall–Kier alpha value is -1.08. The maximum Gasteiger partial charge on any atom is 0.127 e. The fraction of sp³-hybridized carbons (Fsp3) is 0.500. The van der Waals surface area contributed by atoms with E-state index in [0.717, 1.165) is 0 Å². The molecule has 1 aliphatic rings. The Bertz CT molecular complexity index is 498. The first kappa shape index (κ1) is 15.3. The van der Waals surface area contributed by atoms with Gasteiger partial charge in [0.15, 0.2) is 0 Å². The summed E-state index contributed by atoms with van der Waals surface area (Å²) in [6, 6.07) is 4.66. The van der Waals surface area contributed by atoms with Crippen LogP contribution in [0.5, 0.6) is 0 Å². The molecule has 0 radical (unpaired) electrons. The molecule has 0 saturated carbocycles. The third-order valence-corrected chi connectivity index (χ3v) is 3.57. The zero-order valence-electron chi connectivity index (χ0n) is 11.4. The second-order valence-electron chi connectivity index (χ2n) is 5.12. The van der Waals surface area contributed by atoms with Crippen molar-refractivity contribution in [3.05, 3.63) is 35.1 Å². The number of hydrogen-bond acceptors (Lipinski definition) is 4. The summed E-state index contributed by atoms with van der Waals surface area (Å²) in [5.74, 6) is -0.273. The van der Waals surface area contributed by atoms with Crippen LogP contribution in [0.25, 0.3) is 0 Å². The highest BCUT2D eigenvalue weighted by molar-refractivity contribution is 7.80. The molecule has 4 nitrogen and oxygen atoms in total. The van der Waals surface area contributed by atoms with Gasteiger partial charge in [0.2, 0.25) is 0 Å². The lowest BCUT2D eigenvalue weighted by Gasteiger charge is -2.36. The molecule has 1 aromatic rings. The van der Waals surface area contributed by atoms with Gasteiger partial charge >= 0.3 is 0 Å². The monoisotopic (exact) mass is 298 g/mol. The number of benzene rings is 1. The highest BCUT2D eigenvalue weighted by Gasteiger charge is 2.25. The van der Waals surface area contributed by atoms with Crippen molar-refractivity contribution in [3.8, 4) is 0 Å². The first-order valence-electron chi connectivity index (χ1n) is 6.56. The summed E-state index contributed by atoms with van der Waals surface area (Å²) in [6.07, 6.45) is -0.205. The highest BCUT2D eigenvalue weighted by Crippen LogP contribution is 2.17. The third-order valence-electron chi connectivity index (χ3n) is 3.33. The zero-order chi connectivity index (χ0) is 14.7. The van der Waals surface area contributed by atoms with E-state index < -0.39 is 0 Å². The van der Waals surface area contributed by atoms with Crippen LogP contribution in [0.4, 0.5) is 4.39 Å². The normalized spacial score (nSPS) is 23.8. The molecule has 3 N–H and O–H groups in total. The summed E-state index contributed by atoms with van der Waals surface area (Å²) in [5.41, 5.74) is 6.79. The first-order chi connectivity index (χ1) is 9.49. The van der Waals surface area contributed by atoms with E-state index in [1.54, 1.807) is 12.1 Å². The van der Waals surface area contributed by atoms with Crippen molar-refractivity contribution in [1.82, 2.24) is 4.90 Å². The van der Waals surface area contributed by atoms with Gasteiger partial charge in [-0.25, -0.2) is 4.39 Å². The molecule has 1 aromatic carbocycles. The maximum absolute atomic E-state index is 13.9. The fourth-order valence-electron chi connectivity index (χ4n) is 2.46.